The summed E-state index contributed by atoms with van der Waals surface area (Å²) in [4.78, 5) is 12.0. The summed E-state index contributed by atoms with van der Waals surface area (Å²) in [5.74, 6) is 1.58. The van der Waals surface area contributed by atoms with Crippen molar-refractivity contribution >= 4 is 16.0 Å². The number of primary sulfonamides is 1. The van der Waals surface area contributed by atoms with E-state index >= 15 is 0 Å². The summed E-state index contributed by atoms with van der Waals surface area (Å²) in [6, 6.07) is 9.20. The maximum Gasteiger partial charge on any atom is 0.306 e. The summed E-state index contributed by atoms with van der Waals surface area (Å²) in [5.41, 5.74) is 0.840. The highest BCUT2D eigenvalue weighted by atomic mass is 32.2. The molecule has 0 aliphatic rings. The van der Waals surface area contributed by atoms with Gasteiger partial charge in [-0.2, -0.15) is 0 Å². The number of nitrogens with two attached hydrogens (primary N) is 1. The quantitative estimate of drug-likeness (QED) is 0.416. The predicted molar refractivity (Wildman–Crippen MR) is 109 cm³/mol. The number of rotatable bonds is 11. The van der Waals surface area contributed by atoms with Crippen LogP contribution < -0.4 is 24.1 Å². The molecule has 2 N–H and O–H groups in total. The first-order chi connectivity index (χ1) is 14.3. The lowest BCUT2D eigenvalue weighted by Crippen LogP contribution is -2.13. The fraction of sp³-hybridized carbons (Fsp3) is 0.350. The minimum Gasteiger partial charge on any atom is -0.493 e. The number of benzene rings is 2. The zero-order chi connectivity index (χ0) is 22.1. The SMILES string of the molecule is COc1cc(CCC(=O)OCCOc2ccc(S(N)(=O)=O)cc2)cc(OC)c1OC. The molecule has 164 valence electrons. The first-order valence-corrected chi connectivity index (χ1v) is 10.5. The molecular weight excluding hydrogens is 414 g/mol. The standard InChI is InChI=1S/C20H25NO8S/c1-25-17-12-14(13-18(26-2)20(17)27-3)4-9-19(22)29-11-10-28-15-5-7-16(8-6-15)30(21,23)24/h5-8,12-13H,4,9-11H2,1-3H3,(H2,21,23,24). The molecule has 0 bridgehead atoms. The first-order valence-electron chi connectivity index (χ1n) is 8.98. The van der Waals surface area contributed by atoms with Gasteiger partial charge in [-0.05, 0) is 48.4 Å². The number of aryl methyl sites for hydroxylation is 1. The molecule has 0 atom stereocenters. The Kier molecular flexibility index (Phi) is 8.31. The number of hydrogen-bond donors (Lipinski definition) is 1. The number of carbonyl (C=O) groups excluding carboxylic acids is 1. The smallest absolute Gasteiger partial charge is 0.306 e. The molecule has 0 amide bonds. The Labute approximate surface area is 175 Å². The molecule has 0 spiro atoms. The van der Waals surface area contributed by atoms with E-state index in [9.17, 15) is 13.2 Å². The zero-order valence-electron chi connectivity index (χ0n) is 17.0. The Morgan fingerprint density at radius 1 is 0.933 bits per heavy atom. The third-order valence-corrected chi connectivity index (χ3v) is 5.04. The van der Waals surface area contributed by atoms with Crippen molar-refractivity contribution in [2.75, 3.05) is 34.5 Å². The van der Waals surface area contributed by atoms with Crippen molar-refractivity contribution in [1.29, 1.82) is 0 Å². The maximum atomic E-state index is 12.0. The van der Waals surface area contributed by atoms with E-state index in [2.05, 4.69) is 0 Å². The second kappa shape index (κ2) is 10.7. The molecule has 2 rings (SSSR count). The van der Waals surface area contributed by atoms with Crippen molar-refractivity contribution in [2.45, 2.75) is 17.7 Å². The van der Waals surface area contributed by atoms with Crippen molar-refractivity contribution in [3.05, 3.63) is 42.0 Å². The summed E-state index contributed by atoms with van der Waals surface area (Å²) in [6.45, 7) is 0.190. The van der Waals surface area contributed by atoms with Gasteiger partial charge in [0.25, 0.3) is 0 Å². The molecule has 0 unspecified atom stereocenters. The predicted octanol–water partition coefficient (Wildman–Crippen LogP) is 1.91. The van der Waals surface area contributed by atoms with Crippen LogP contribution in [-0.2, 0) is 26.0 Å². The molecule has 2 aromatic rings. The molecule has 0 saturated heterocycles. The monoisotopic (exact) mass is 439 g/mol. The Hall–Kier alpha value is -2.98. The average molecular weight is 439 g/mol. The minimum atomic E-state index is -3.75. The van der Waals surface area contributed by atoms with E-state index in [1.165, 1.54) is 45.6 Å². The molecular formula is C20H25NO8S. The summed E-state index contributed by atoms with van der Waals surface area (Å²) >= 11 is 0. The number of sulfonamides is 1. The van der Waals surface area contributed by atoms with Crippen LogP contribution in [0.2, 0.25) is 0 Å². The third-order valence-electron chi connectivity index (χ3n) is 4.11. The van der Waals surface area contributed by atoms with Crippen LogP contribution in [0, 0.1) is 0 Å². The Morgan fingerprint density at radius 3 is 2.03 bits per heavy atom. The van der Waals surface area contributed by atoms with E-state index in [4.69, 9.17) is 28.8 Å². The molecule has 0 saturated carbocycles. The lowest BCUT2D eigenvalue weighted by atomic mass is 10.1. The van der Waals surface area contributed by atoms with Gasteiger partial charge >= 0.3 is 5.97 Å². The molecule has 0 aliphatic heterocycles. The number of ether oxygens (including phenoxy) is 5. The van der Waals surface area contributed by atoms with E-state index in [0.717, 1.165) is 5.56 Å². The maximum absolute atomic E-state index is 12.0. The van der Waals surface area contributed by atoms with Crippen LogP contribution >= 0.6 is 0 Å². The van der Waals surface area contributed by atoms with Crippen molar-refractivity contribution < 1.29 is 36.9 Å². The molecule has 0 heterocycles. The molecule has 0 radical (unpaired) electrons. The molecule has 30 heavy (non-hydrogen) atoms. The van der Waals surface area contributed by atoms with Crippen LogP contribution in [-0.4, -0.2) is 48.9 Å². The highest BCUT2D eigenvalue weighted by Crippen LogP contribution is 2.38. The van der Waals surface area contributed by atoms with Crippen molar-refractivity contribution in [2.24, 2.45) is 5.14 Å². The van der Waals surface area contributed by atoms with E-state index in [1.807, 2.05) is 0 Å². The van der Waals surface area contributed by atoms with Gasteiger partial charge in [-0.25, -0.2) is 13.6 Å². The molecule has 9 nitrogen and oxygen atoms in total. The van der Waals surface area contributed by atoms with Gasteiger partial charge in [0.1, 0.15) is 19.0 Å². The summed E-state index contributed by atoms with van der Waals surface area (Å²) in [5, 5.41) is 5.03. The third kappa shape index (κ3) is 6.53. The first kappa shape index (κ1) is 23.3. The number of esters is 1. The Balaban J connectivity index is 1.79. The second-order valence-corrected chi connectivity index (χ2v) is 7.68. The summed E-state index contributed by atoms with van der Waals surface area (Å²) in [7, 11) is 0.827. The van der Waals surface area contributed by atoms with Crippen LogP contribution in [0.4, 0.5) is 0 Å². The molecule has 0 fully saturated rings. The number of methoxy groups -OCH3 is 3. The van der Waals surface area contributed by atoms with Gasteiger partial charge in [-0.1, -0.05) is 0 Å². The molecule has 10 heteroatoms. The highest BCUT2D eigenvalue weighted by Gasteiger charge is 2.14. The van der Waals surface area contributed by atoms with E-state index in [0.29, 0.717) is 29.4 Å². The average Bonchev–Trinajstić information content (AvgIpc) is 2.74. The van der Waals surface area contributed by atoms with Crippen LogP contribution in [0.5, 0.6) is 23.0 Å². The minimum absolute atomic E-state index is 0.00642. The number of carbonyl (C=O) groups is 1. The number of hydrogen-bond acceptors (Lipinski definition) is 8. The van der Waals surface area contributed by atoms with Gasteiger partial charge in [0.15, 0.2) is 11.5 Å². The normalized spacial score (nSPS) is 10.9. The largest absolute Gasteiger partial charge is 0.493 e. The van der Waals surface area contributed by atoms with Crippen molar-refractivity contribution in [3.8, 4) is 23.0 Å². The highest BCUT2D eigenvalue weighted by molar-refractivity contribution is 7.89. The molecule has 0 aliphatic carbocycles. The fourth-order valence-corrected chi connectivity index (χ4v) is 3.15. The topological polar surface area (TPSA) is 123 Å². The fourth-order valence-electron chi connectivity index (χ4n) is 2.64. The van der Waals surface area contributed by atoms with E-state index in [-0.39, 0.29) is 30.5 Å². The zero-order valence-corrected chi connectivity index (χ0v) is 17.9. The van der Waals surface area contributed by atoms with Gasteiger partial charge in [0.2, 0.25) is 15.8 Å². The van der Waals surface area contributed by atoms with Crippen LogP contribution in [0.25, 0.3) is 0 Å². The van der Waals surface area contributed by atoms with Crippen molar-refractivity contribution in [3.63, 3.8) is 0 Å². The van der Waals surface area contributed by atoms with E-state index < -0.39 is 10.0 Å². The van der Waals surface area contributed by atoms with Crippen LogP contribution in [0.15, 0.2) is 41.3 Å². The Bertz CT molecular complexity index is 932. The van der Waals surface area contributed by atoms with Gasteiger partial charge < -0.3 is 23.7 Å². The van der Waals surface area contributed by atoms with Crippen LogP contribution in [0.1, 0.15) is 12.0 Å². The van der Waals surface area contributed by atoms with Gasteiger partial charge in [-0.15, -0.1) is 0 Å². The Morgan fingerprint density at radius 2 is 1.53 bits per heavy atom. The molecule has 2 aromatic carbocycles. The summed E-state index contributed by atoms with van der Waals surface area (Å²) in [6.07, 6.45) is 0.604. The summed E-state index contributed by atoms with van der Waals surface area (Å²) < 4.78 is 48.8. The van der Waals surface area contributed by atoms with Crippen molar-refractivity contribution in [1.82, 2.24) is 0 Å². The lowest BCUT2D eigenvalue weighted by molar-refractivity contribution is -0.144. The lowest BCUT2D eigenvalue weighted by Gasteiger charge is -2.14. The van der Waals surface area contributed by atoms with Gasteiger partial charge in [-0.3, -0.25) is 4.79 Å². The molecule has 0 aromatic heterocycles. The second-order valence-electron chi connectivity index (χ2n) is 6.12. The van der Waals surface area contributed by atoms with E-state index in [1.54, 1.807) is 12.1 Å². The van der Waals surface area contributed by atoms with Gasteiger partial charge in [0, 0.05) is 6.42 Å². The van der Waals surface area contributed by atoms with Crippen LogP contribution in [0.3, 0.4) is 0 Å². The van der Waals surface area contributed by atoms with Gasteiger partial charge in [0.05, 0.1) is 26.2 Å².